The van der Waals surface area contributed by atoms with Gasteiger partial charge < -0.3 is 26.6 Å². The average Bonchev–Trinajstić information content (AvgIpc) is 2.66. The normalized spacial score (nSPS) is 16.7. The lowest BCUT2D eigenvalue weighted by Crippen LogP contribution is -2.47. The standard InChI is InChI=1S/C21H26ClF3N4O4/c1-20(2,3)12-9-15-10(8-13(12)22)7-11(16(33-15)21(23,24)25)17(30)29-14(18(31)32)5-4-6-28-19(26)27/h7-9,14,16H,4-6H2,1-3H3,(H,29,30)(H,31,32)(H4,26,27,28)/t14-,16-/m0/s1. The zero-order chi connectivity index (χ0) is 25.1. The minimum atomic E-state index is -4.92. The van der Waals surface area contributed by atoms with E-state index in [0.717, 1.165) is 6.08 Å². The number of nitrogens with zero attached hydrogens (tertiary/aromatic N) is 1. The van der Waals surface area contributed by atoms with Crippen LogP contribution in [0.15, 0.2) is 22.7 Å². The number of rotatable bonds is 7. The van der Waals surface area contributed by atoms with Crippen molar-refractivity contribution in [1.82, 2.24) is 5.32 Å². The number of amides is 1. The van der Waals surface area contributed by atoms with Crippen LogP contribution in [0.3, 0.4) is 0 Å². The summed E-state index contributed by atoms with van der Waals surface area (Å²) in [7, 11) is 0. The van der Waals surface area contributed by atoms with Gasteiger partial charge >= 0.3 is 12.1 Å². The molecule has 0 unspecified atom stereocenters. The van der Waals surface area contributed by atoms with Crippen molar-refractivity contribution in [3.8, 4) is 5.75 Å². The molecule has 0 aliphatic carbocycles. The van der Waals surface area contributed by atoms with Crippen LogP contribution in [0.2, 0.25) is 5.02 Å². The fourth-order valence-electron chi connectivity index (χ4n) is 3.22. The van der Waals surface area contributed by atoms with E-state index >= 15 is 0 Å². The fraction of sp³-hybridized carbons (Fsp3) is 0.476. The molecule has 0 saturated carbocycles. The molecule has 1 aromatic rings. The molecule has 0 bridgehead atoms. The van der Waals surface area contributed by atoms with Gasteiger partial charge in [-0.25, -0.2) is 4.79 Å². The molecule has 0 spiro atoms. The van der Waals surface area contributed by atoms with Crippen molar-refractivity contribution in [3.63, 3.8) is 0 Å². The molecular formula is C21H26ClF3N4O4. The molecule has 0 radical (unpaired) electrons. The maximum atomic E-state index is 13.8. The Morgan fingerprint density at radius 1 is 1.27 bits per heavy atom. The Hall–Kier alpha value is -2.95. The van der Waals surface area contributed by atoms with Gasteiger partial charge in [-0.3, -0.25) is 9.79 Å². The highest BCUT2D eigenvalue weighted by Crippen LogP contribution is 2.41. The Kier molecular flexibility index (Phi) is 7.89. The van der Waals surface area contributed by atoms with Gasteiger partial charge in [-0.05, 0) is 42.0 Å². The number of aliphatic carboxylic acids is 1. The van der Waals surface area contributed by atoms with Gasteiger partial charge in [0.25, 0.3) is 5.91 Å². The average molecular weight is 491 g/mol. The maximum Gasteiger partial charge on any atom is 0.429 e. The van der Waals surface area contributed by atoms with Crippen molar-refractivity contribution in [3.05, 3.63) is 33.9 Å². The van der Waals surface area contributed by atoms with E-state index < -0.39 is 41.2 Å². The van der Waals surface area contributed by atoms with Gasteiger partial charge in [-0.15, -0.1) is 0 Å². The van der Waals surface area contributed by atoms with Crippen LogP contribution < -0.4 is 21.5 Å². The number of benzene rings is 1. The molecule has 0 saturated heterocycles. The topological polar surface area (TPSA) is 140 Å². The number of guanidine groups is 1. The SMILES string of the molecule is CC(C)(C)c1cc2c(cc1Cl)C=C(C(=O)N[C@@H](CCCN=C(N)N)C(=O)O)[C@@H](C(F)(F)F)O2. The summed E-state index contributed by atoms with van der Waals surface area (Å²) in [4.78, 5) is 27.9. The molecule has 0 aromatic heterocycles. The van der Waals surface area contributed by atoms with Gasteiger partial charge in [0, 0.05) is 17.1 Å². The van der Waals surface area contributed by atoms with E-state index in [4.69, 9.17) is 27.8 Å². The van der Waals surface area contributed by atoms with E-state index in [9.17, 15) is 27.9 Å². The summed E-state index contributed by atoms with van der Waals surface area (Å²) in [5, 5.41) is 11.8. The third-order valence-corrected chi connectivity index (χ3v) is 5.17. The van der Waals surface area contributed by atoms with E-state index in [1.807, 2.05) is 20.8 Å². The van der Waals surface area contributed by atoms with Gasteiger partial charge in [-0.1, -0.05) is 32.4 Å². The van der Waals surface area contributed by atoms with Crippen molar-refractivity contribution in [2.75, 3.05) is 6.54 Å². The third kappa shape index (κ3) is 6.77. The minimum Gasteiger partial charge on any atom is -0.480 e. The molecule has 33 heavy (non-hydrogen) atoms. The quantitative estimate of drug-likeness (QED) is 0.263. The van der Waals surface area contributed by atoms with Gasteiger partial charge in [0.15, 0.2) is 5.96 Å². The fourth-order valence-corrected chi connectivity index (χ4v) is 3.68. The molecule has 8 nitrogen and oxygen atoms in total. The highest BCUT2D eigenvalue weighted by atomic mass is 35.5. The summed E-state index contributed by atoms with van der Waals surface area (Å²) >= 11 is 6.30. The molecule has 1 aliphatic rings. The Morgan fingerprint density at radius 2 is 1.91 bits per heavy atom. The molecule has 1 aliphatic heterocycles. The monoisotopic (exact) mass is 490 g/mol. The van der Waals surface area contributed by atoms with Crippen LogP contribution in [0.1, 0.15) is 44.7 Å². The number of hydrogen-bond donors (Lipinski definition) is 4. The second kappa shape index (κ2) is 9.90. The van der Waals surface area contributed by atoms with Crippen LogP contribution >= 0.6 is 11.6 Å². The van der Waals surface area contributed by atoms with Gasteiger partial charge in [0.1, 0.15) is 11.8 Å². The summed E-state index contributed by atoms with van der Waals surface area (Å²) in [6, 6.07) is 1.39. The first-order valence-corrected chi connectivity index (χ1v) is 10.4. The molecular weight excluding hydrogens is 465 g/mol. The predicted molar refractivity (Wildman–Crippen MR) is 118 cm³/mol. The number of halogens is 4. The lowest BCUT2D eigenvalue weighted by Gasteiger charge is -2.30. The number of carbonyl (C=O) groups is 2. The Balaban J connectivity index is 2.37. The summed E-state index contributed by atoms with van der Waals surface area (Å²) in [5.74, 6) is -2.88. The van der Waals surface area contributed by atoms with Crippen molar-refractivity contribution in [2.24, 2.45) is 16.5 Å². The molecule has 2 rings (SSSR count). The second-order valence-electron chi connectivity index (χ2n) is 8.57. The highest BCUT2D eigenvalue weighted by Gasteiger charge is 2.48. The zero-order valence-electron chi connectivity index (χ0n) is 18.3. The summed E-state index contributed by atoms with van der Waals surface area (Å²) in [5.41, 5.74) is 9.91. The third-order valence-electron chi connectivity index (χ3n) is 4.85. The number of fused-ring (bicyclic) bond motifs is 1. The van der Waals surface area contributed by atoms with Crippen molar-refractivity contribution in [2.45, 2.75) is 57.3 Å². The van der Waals surface area contributed by atoms with Crippen LogP contribution in [-0.2, 0) is 15.0 Å². The molecule has 6 N–H and O–H groups in total. The van der Waals surface area contributed by atoms with Crippen LogP contribution in [0.4, 0.5) is 13.2 Å². The van der Waals surface area contributed by atoms with E-state index in [1.165, 1.54) is 12.1 Å². The number of hydrogen-bond acceptors (Lipinski definition) is 4. The molecule has 12 heteroatoms. The molecule has 182 valence electrons. The van der Waals surface area contributed by atoms with Crippen molar-refractivity contribution >= 4 is 35.5 Å². The summed E-state index contributed by atoms with van der Waals surface area (Å²) < 4.78 is 46.4. The number of ether oxygens (including phenoxy) is 1. The summed E-state index contributed by atoms with van der Waals surface area (Å²) in [6.45, 7) is 5.64. The molecule has 1 aromatic carbocycles. The number of nitrogens with one attached hydrogen (secondary N) is 1. The number of alkyl halides is 3. The highest BCUT2D eigenvalue weighted by molar-refractivity contribution is 6.31. The lowest BCUT2D eigenvalue weighted by molar-refractivity contribution is -0.185. The van der Waals surface area contributed by atoms with E-state index in [1.54, 1.807) is 0 Å². The van der Waals surface area contributed by atoms with Gasteiger partial charge in [0.05, 0.1) is 5.57 Å². The van der Waals surface area contributed by atoms with E-state index in [2.05, 4.69) is 10.3 Å². The molecule has 1 heterocycles. The van der Waals surface area contributed by atoms with Crippen molar-refractivity contribution < 1.29 is 32.6 Å². The Bertz CT molecular complexity index is 983. The first-order chi connectivity index (χ1) is 15.1. The van der Waals surface area contributed by atoms with E-state index in [-0.39, 0.29) is 36.7 Å². The van der Waals surface area contributed by atoms with Gasteiger partial charge in [0.2, 0.25) is 6.10 Å². The van der Waals surface area contributed by atoms with Crippen LogP contribution in [0, 0.1) is 0 Å². The number of carbonyl (C=O) groups excluding carboxylic acids is 1. The summed E-state index contributed by atoms with van der Waals surface area (Å²) in [6.07, 6.45) is -6.39. The number of carboxylic acids is 1. The molecule has 1 amide bonds. The molecule has 0 fully saturated rings. The Labute approximate surface area is 193 Å². The first-order valence-electron chi connectivity index (χ1n) is 9.99. The largest absolute Gasteiger partial charge is 0.480 e. The Morgan fingerprint density at radius 3 is 2.42 bits per heavy atom. The maximum absolute atomic E-state index is 13.8. The smallest absolute Gasteiger partial charge is 0.429 e. The zero-order valence-corrected chi connectivity index (χ0v) is 19.0. The van der Waals surface area contributed by atoms with Crippen LogP contribution in [-0.4, -0.2) is 47.8 Å². The van der Waals surface area contributed by atoms with Gasteiger partial charge in [-0.2, -0.15) is 13.2 Å². The lowest BCUT2D eigenvalue weighted by atomic mass is 9.85. The molecule has 2 atom stereocenters. The van der Waals surface area contributed by atoms with Crippen molar-refractivity contribution in [1.29, 1.82) is 0 Å². The van der Waals surface area contributed by atoms with E-state index in [0.29, 0.717) is 10.6 Å². The number of carboxylic acid groups (broad SMARTS) is 1. The first kappa shape index (κ1) is 26.3. The van der Waals surface area contributed by atoms with Crippen LogP contribution in [0.25, 0.3) is 6.08 Å². The predicted octanol–water partition coefficient (Wildman–Crippen LogP) is 2.97. The van der Waals surface area contributed by atoms with Crippen LogP contribution in [0.5, 0.6) is 5.75 Å². The minimum absolute atomic E-state index is 0.0739. The number of aliphatic imine (C=N–C) groups is 1. The second-order valence-corrected chi connectivity index (χ2v) is 8.98. The number of nitrogens with two attached hydrogens (primary N) is 2.